The summed E-state index contributed by atoms with van der Waals surface area (Å²) in [6, 6.07) is 23.3. The van der Waals surface area contributed by atoms with Gasteiger partial charge >= 0.3 is 5.97 Å². The molecule has 0 spiro atoms. The third-order valence-electron chi connectivity index (χ3n) is 5.35. The number of nitrogens with one attached hydrogen (secondary N) is 1. The van der Waals surface area contributed by atoms with Crippen molar-refractivity contribution in [2.24, 2.45) is 0 Å². The summed E-state index contributed by atoms with van der Waals surface area (Å²) < 4.78 is 11.0. The van der Waals surface area contributed by atoms with Crippen molar-refractivity contribution in [2.45, 2.75) is 11.9 Å². The number of fused-ring (bicyclic) bond motifs is 2. The Balaban J connectivity index is 1.46. The number of benzene rings is 3. The molecule has 0 aromatic heterocycles. The first-order chi connectivity index (χ1) is 16.2. The maximum Gasteiger partial charge on any atom is 0.337 e. The highest BCUT2D eigenvalue weighted by Crippen LogP contribution is 2.44. The Morgan fingerprint density at radius 1 is 1.06 bits per heavy atom. The van der Waals surface area contributed by atoms with Crippen LogP contribution in [-0.4, -0.2) is 31.3 Å². The fourth-order valence-electron chi connectivity index (χ4n) is 3.70. The molecule has 4 rings (SSSR count). The van der Waals surface area contributed by atoms with Crippen molar-refractivity contribution in [1.29, 1.82) is 0 Å². The van der Waals surface area contributed by atoms with Crippen LogP contribution in [0.15, 0.2) is 78.9 Å². The Morgan fingerprint density at radius 3 is 2.67 bits per heavy atom. The SMILES string of the molecule is COC(=O)c1ccc2c(c1)C(SCCNC(=O)/C=C/c1ccccc1)c1ccccc1CO2. The summed E-state index contributed by atoms with van der Waals surface area (Å²) in [4.78, 5) is 24.3. The molecule has 3 aromatic rings. The molecule has 1 N–H and O–H groups in total. The van der Waals surface area contributed by atoms with E-state index in [-0.39, 0.29) is 17.1 Å². The number of amides is 1. The summed E-state index contributed by atoms with van der Waals surface area (Å²) >= 11 is 1.71. The minimum Gasteiger partial charge on any atom is -0.489 e. The number of methoxy groups -OCH3 is 1. The second-order valence-corrected chi connectivity index (χ2v) is 8.73. The average molecular weight is 460 g/mol. The largest absolute Gasteiger partial charge is 0.489 e. The van der Waals surface area contributed by atoms with Gasteiger partial charge in [-0.25, -0.2) is 4.79 Å². The van der Waals surface area contributed by atoms with E-state index in [1.165, 1.54) is 7.11 Å². The fourth-order valence-corrected chi connectivity index (χ4v) is 4.93. The number of carbonyl (C=O) groups excluding carboxylic acids is 2. The predicted octanol–water partition coefficient (Wildman–Crippen LogP) is 5.02. The lowest BCUT2D eigenvalue weighted by Crippen LogP contribution is -2.23. The zero-order chi connectivity index (χ0) is 23.0. The summed E-state index contributed by atoms with van der Waals surface area (Å²) in [5, 5.41) is 2.92. The van der Waals surface area contributed by atoms with Gasteiger partial charge < -0.3 is 14.8 Å². The van der Waals surface area contributed by atoms with Crippen LogP contribution in [0.4, 0.5) is 0 Å². The summed E-state index contributed by atoms with van der Waals surface area (Å²) in [5.41, 5.74) is 4.67. The van der Waals surface area contributed by atoms with Crippen LogP contribution in [0.25, 0.3) is 6.08 Å². The molecule has 1 atom stereocenters. The highest BCUT2D eigenvalue weighted by atomic mass is 32.2. The van der Waals surface area contributed by atoms with Crippen molar-refractivity contribution in [3.05, 3.63) is 107 Å². The van der Waals surface area contributed by atoms with Gasteiger partial charge in [0.25, 0.3) is 0 Å². The van der Waals surface area contributed by atoms with Gasteiger partial charge in [-0.1, -0.05) is 54.6 Å². The second kappa shape index (κ2) is 10.9. The number of carbonyl (C=O) groups is 2. The van der Waals surface area contributed by atoms with Gasteiger partial charge in [0.15, 0.2) is 0 Å². The van der Waals surface area contributed by atoms with Gasteiger partial charge in [0.05, 0.1) is 17.9 Å². The van der Waals surface area contributed by atoms with E-state index in [4.69, 9.17) is 9.47 Å². The summed E-state index contributed by atoms with van der Waals surface area (Å²) in [6.45, 7) is 0.993. The van der Waals surface area contributed by atoms with Gasteiger partial charge in [-0.15, -0.1) is 11.8 Å². The van der Waals surface area contributed by atoms with Crippen LogP contribution in [-0.2, 0) is 16.1 Å². The summed E-state index contributed by atoms with van der Waals surface area (Å²) in [7, 11) is 1.38. The number of ether oxygens (including phenoxy) is 2. The second-order valence-electron chi connectivity index (χ2n) is 7.52. The van der Waals surface area contributed by atoms with E-state index in [2.05, 4.69) is 17.4 Å². The van der Waals surface area contributed by atoms with Crippen molar-refractivity contribution in [3.8, 4) is 5.75 Å². The Labute approximate surface area is 197 Å². The molecule has 1 amide bonds. The van der Waals surface area contributed by atoms with E-state index in [1.807, 2.05) is 54.6 Å². The minimum atomic E-state index is -0.378. The first kappa shape index (κ1) is 22.7. The van der Waals surface area contributed by atoms with Crippen LogP contribution in [0.5, 0.6) is 5.75 Å². The van der Waals surface area contributed by atoms with Crippen LogP contribution in [0.2, 0.25) is 0 Å². The Hall–Kier alpha value is -3.51. The van der Waals surface area contributed by atoms with E-state index < -0.39 is 0 Å². The van der Waals surface area contributed by atoms with Crippen LogP contribution in [0, 0.1) is 0 Å². The van der Waals surface area contributed by atoms with Crippen molar-refractivity contribution in [3.63, 3.8) is 0 Å². The average Bonchev–Trinajstić information content (AvgIpc) is 3.02. The molecule has 1 heterocycles. The third-order valence-corrected chi connectivity index (χ3v) is 6.63. The highest BCUT2D eigenvalue weighted by molar-refractivity contribution is 7.99. The standard InChI is InChI=1S/C27H25NO4S/c1-31-27(30)20-12-13-24-23(17-20)26(22-10-6-5-9-21(22)18-32-24)33-16-15-28-25(29)14-11-19-7-3-2-4-8-19/h2-14,17,26H,15-16,18H2,1H3,(H,28,29)/b14-11+. The quantitative estimate of drug-likeness (QED) is 0.305. The van der Waals surface area contributed by atoms with Crippen molar-refractivity contribution in [1.82, 2.24) is 5.32 Å². The zero-order valence-corrected chi connectivity index (χ0v) is 19.1. The first-order valence-electron chi connectivity index (χ1n) is 10.7. The summed E-state index contributed by atoms with van der Waals surface area (Å²) in [6.07, 6.45) is 3.35. The maximum atomic E-state index is 12.2. The van der Waals surface area contributed by atoms with E-state index in [9.17, 15) is 9.59 Å². The number of thioether (sulfide) groups is 1. The molecule has 0 saturated carbocycles. The normalized spacial score (nSPS) is 14.5. The van der Waals surface area contributed by atoms with Gasteiger partial charge in [-0.3, -0.25) is 4.79 Å². The van der Waals surface area contributed by atoms with Crippen LogP contribution < -0.4 is 10.1 Å². The third kappa shape index (κ3) is 5.65. The Bertz CT molecular complexity index is 1160. The molecule has 1 aliphatic heterocycles. The molecule has 168 valence electrons. The molecule has 5 nitrogen and oxygen atoms in total. The van der Waals surface area contributed by atoms with Gasteiger partial charge in [-0.05, 0) is 41.0 Å². The molecule has 0 radical (unpaired) electrons. The lowest BCUT2D eigenvalue weighted by molar-refractivity contribution is -0.116. The fraction of sp³-hybridized carbons (Fsp3) is 0.185. The van der Waals surface area contributed by atoms with Gasteiger partial charge in [-0.2, -0.15) is 0 Å². The molecule has 6 heteroatoms. The van der Waals surface area contributed by atoms with Crippen LogP contribution >= 0.6 is 11.8 Å². The lowest BCUT2D eigenvalue weighted by Gasteiger charge is -2.19. The van der Waals surface area contributed by atoms with Crippen molar-refractivity contribution in [2.75, 3.05) is 19.4 Å². The molecule has 0 fully saturated rings. The van der Waals surface area contributed by atoms with Gasteiger partial charge in [0.2, 0.25) is 5.91 Å². The van der Waals surface area contributed by atoms with Gasteiger partial charge in [0, 0.05) is 23.9 Å². The first-order valence-corrected chi connectivity index (χ1v) is 11.8. The molecular formula is C27H25NO4S. The van der Waals surface area contributed by atoms with E-state index in [0.717, 1.165) is 28.0 Å². The van der Waals surface area contributed by atoms with E-state index >= 15 is 0 Å². The van der Waals surface area contributed by atoms with E-state index in [1.54, 1.807) is 30.0 Å². The topological polar surface area (TPSA) is 64.6 Å². The molecule has 3 aromatic carbocycles. The highest BCUT2D eigenvalue weighted by Gasteiger charge is 2.26. The van der Waals surface area contributed by atoms with Gasteiger partial charge in [0.1, 0.15) is 12.4 Å². The minimum absolute atomic E-state index is 0.0277. The Kier molecular flexibility index (Phi) is 7.47. The van der Waals surface area contributed by atoms with Crippen molar-refractivity contribution < 1.29 is 19.1 Å². The molecule has 0 aliphatic carbocycles. The summed E-state index contributed by atoms with van der Waals surface area (Å²) in [5.74, 6) is 0.950. The Morgan fingerprint density at radius 2 is 1.85 bits per heavy atom. The number of esters is 1. The zero-order valence-electron chi connectivity index (χ0n) is 18.3. The predicted molar refractivity (Wildman–Crippen MR) is 131 cm³/mol. The number of rotatable bonds is 7. The van der Waals surface area contributed by atoms with E-state index in [0.29, 0.717) is 24.5 Å². The smallest absolute Gasteiger partial charge is 0.337 e. The van der Waals surface area contributed by atoms with Crippen molar-refractivity contribution >= 4 is 29.7 Å². The molecule has 1 unspecified atom stereocenters. The lowest BCUT2D eigenvalue weighted by atomic mass is 9.98. The van der Waals surface area contributed by atoms with Crippen LogP contribution in [0.1, 0.15) is 37.9 Å². The maximum absolute atomic E-state index is 12.2. The molecule has 0 bridgehead atoms. The number of hydrogen-bond acceptors (Lipinski definition) is 5. The molecular weight excluding hydrogens is 434 g/mol. The molecule has 0 saturated heterocycles. The van der Waals surface area contributed by atoms with Crippen LogP contribution in [0.3, 0.4) is 0 Å². The monoisotopic (exact) mass is 459 g/mol. The molecule has 1 aliphatic rings. The number of hydrogen-bond donors (Lipinski definition) is 1. The molecule has 33 heavy (non-hydrogen) atoms.